The average molecular weight is 336 g/mol. The minimum Gasteiger partial charge on any atom is -0.348 e. The molecule has 6 heteroatoms. The number of nitrogens with one attached hydrogen (secondary N) is 1. The van der Waals surface area contributed by atoms with Crippen molar-refractivity contribution in [3.8, 4) is 11.3 Å². The second-order valence-corrected chi connectivity index (χ2v) is 6.23. The molecule has 0 bridgehead atoms. The molecule has 1 N–H and O–H groups in total. The monoisotopic (exact) mass is 336 g/mol. The number of H-pyrrole nitrogens is 1. The Labute approximate surface area is 142 Å². The first-order chi connectivity index (χ1) is 11.3. The molecule has 0 atom stereocenters. The van der Waals surface area contributed by atoms with E-state index < -0.39 is 0 Å². The molecule has 0 saturated heterocycles. The third-order valence-electron chi connectivity index (χ3n) is 3.46. The second-order valence-electron chi connectivity index (χ2n) is 4.95. The van der Waals surface area contributed by atoms with Crippen LogP contribution in [0.2, 0.25) is 0 Å². The molecule has 0 aliphatic carbocycles. The maximum atomic E-state index is 4.51. The molecule has 0 fully saturated rings. The quantitative estimate of drug-likeness (QED) is 0.350. The molecule has 0 radical (unpaired) electrons. The van der Waals surface area contributed by atoms with Crippen LogP contribution in [0.5, 0.6) is 0 Å². The van der Waals surface area contributed by atoms with E-state index in [0.717, 1.165) is 27.8 Å². The van der Waals surface area contributed by atoms with E-state index in [1.807, 2.05) is 60.0 Å². The summed E-state index contributed by atoms with van der Waals surface area (Å²) in [7, 11) is 0. The molecule has 2 aromatic carbocycles. The van der Waals surface area contributed by atoms with Crippen LogP contribution < -0.4 is 0 Å². The van der Waals surface area contributed by atoms with Gasteiger partial charge in [-0.25, -0.2) is 4.98 Å². The summed E-state index contributed by atoms with van der Waals surface area (Å²) < 4.78 is 0. The fourth-order valence-corrected chi connectivity index (χ4v) is 3.29. The molecule has 2 aromatic heterocycles. The van der Waals surface area contributed by atoms with Crippen LogP contribution >= 0.6 is 24.0 Å². The van der Waals surface area contributed by atoms with Crippen LogP contribution in [-0.2, 0) is 0 Å². The predicted molar refractivity (Wildman–Crippen MR) is 97.3 cm³/mol. The molecular formula is C17H12N4S2. The Morgan fingerprint density at radius 2 is 1.74 bits per heavy atom. The van der Waals surface area contributed by atoms with Gasteiger partial charge in [0, 0.05) is 21.8 Å². The number of rotatable bonds is 3. The lowest BCUT2D eigenvalue weighted by Gasteiger charge is -1.93. The number of thiol groups is 1. The number of aromatic amines is 1. The van der Waals surface area contributed by atoms with Gasteiger partial charge >= 0.3 is 0 Å². The van der Waals surface area contributed by atoms with Crippen molar-refractivity contribution in [2.75, 3.05) is 0 Å². The molecule has 0 amide bonds. The van der Waals surface area contributed by atoms with Crippen LogP contribution in [0, 0.1) is 0 Å². The zero-order valence-corrected chi connectivity index (χ0v) is 13.7. The number of aromatic nitrogens is 2. The minimum atomic E-state index is 0.627. The summed E-state index contributed by atoms with van der Waals surface area (Å²) in [4.78, 5) is 7.70. The first-order valence-corrected chi connectivity index (χ1v) is 8.36. The molecule has 23 heavy (non-hydrogen) atoms. The molecule has 0 aliphatic rings. The van der Waals surface area contributed by atoms with Crippen molar-refractivity contribution in [1.29, 1.82) is 0 Å². The van der Waals surface area contributed by atoms with Gasteiger partial charge in [-0.2, -0.15) is 0 Å². The zero-order chi connectivity index (χ0) is 15.6. The average Bonchev–Trinajstić information content (AvgIpc) is 3.18. The predicted octanol–water partition coefficient (Wildman–Crippen LogP) is 6.00. The smallest absolute Gasteiger partial charge is 0.230 e. The summed E-state index contributed by atoms with van der Waals surface area (Å²) in [5.74, 6) is 0. The Morgan fingerprint density at radius 3 is 2.61 bits per heavy atom. The molecule has 4 aromatic rings. The summed E-state index contributed by atoms with van der Waals surface area (Å²) in [5.41, 5.74) is 3.72. The van der Waals surface area contributed by atoms with Gasteiger partial charge in [-0.1, -0.05) is 48.5 Å². The maximum absolute atomic E-state index is 4.51. The first-order valence-electron chi connectivity index (χ1n) is 7.03. The lowest BCUT2D eigenvalue weighted by molar-refractivity contribution is 1.15. The van der Waals surface area contributed by atoms with Gasteiger partial charge in [-0.15, -0.1) is 34.2 Å². The summed E-state index contributed by atoms with van der Waals surface area (Å²) in [6.45, 7) is 0. The van der Waals surface area contributed by atoms with Gasteiger partial charge in [-0.3, -0.25) is 0 Å². The van der Waals surface area contributed by atoms with Gasteiger partial charge in [0.1, 0.15) is 5.69 Å². The number of benzene rings is 2. The Hall–Kier alpha value is -2.44. The number of fused-ring (bicyclic) bond motifs is 1. The van der Waals surface area contributed by atoms with Crippen LogP contribution in [0.25, 0.3) is 22.2 Å². The number of thiazole rings is 1. The van der Waals surface area contributed by atoms with E-state index in [1.54, 1.807) is 0 Å². The highest BCUT2D eigenvalue weighted by atomic mass is 32.1. The van der Waals surface area contributed by atoms with E-state index in [-0.39, 0.29) is 0 Å². The third-order valence-corrected chi connectivity index (χ3v) is 4.51. The van der Waals surface area contributed by atoms with Gasteiger partial charge in [0.2, 0.25) is 5.13 Å². The fraction of sp³-hybridized carbons (Fsp3) is 0. The normalized spacial score (nSPS) is 11.5. The highest BCUT2D eigenvalue weighted by molar-refractivity contribution is 7.80. The number of para-hydroxylation sites is 1. The second kappa shape index (κ2) is 5.98. The molecular weight excluding hydrogens is 324 g/mol. The third kappa shape index (κ3) is 2.78. The van der Waals surface area contributed by atoms with Crippen molar-refractivity contribution < 1.29 is 0 Å². The molecule has 4 nitrogen and oxygen atoms in total. The van der Waals surface area contributed by atoms with Crippen LogP contribution in [0.15, 0.2) is 75.2 Å². The SMILES string of the molecule is Sc1[nH]c2ccccc2c1N=Nc1nc(-c2ccccc2)cs1. The van der Waals surface area contributed by atoms with Crippen LogP contribution in [0.3, 0.4) is 0 Å². The van der Waals surface area contributed by atoms with Gasteiger partial charge < -0.3 is 4.98 Å². The number of hydrogen-bond acceptors (Lipinski definition) is 5. The Balaban J connectivity index is 1.66. The summed E-state index contributed by atoms with van der Waals surface area (Å²) >= 11 is 5.91. The molecule has 4 rings (SSSR count). The number of hydrogen-bond donors (Lipinski definition) is 2. The highest BCUT2D eigenvalue weighted by Gasteiger charge is 2.08. The lowest BCUT2D eigenvalue weighted by atomic mass is 10.2. The molecule has 2 heterocycles. The largest absolute Gasteiger partial charge is 0.348 e. The Bertz CT molecular complexity index is 986. The molecule has 0 aliphatic heterocycles. The van der Waals surface area contributed by atoms with Crippen molar-refractivity contribution in [2.45, 2.75) is 5.03 Å². The van der Waals surface area contributed by atoms with Crippen LogP contribution in [-0.4, -0.2) is 9.97 Å². The van der Waals surface area contributed by atoms with Gasteiger partial charge in [0.25, 0.3) is 0 Å². The van der Waals surface area contributed by atoms with E-state index in [4.69, 9.17) is 0 Å². The Morgan fingerprint density at radius 1 is 0.957 bits per heavy atom. The van der Waals surface area contributed by atoms with Crippen molar-refractivity contribution >= 4 is 45.7 Å². The zero-order valence-electron chi connectivity index (χ0n) is 12.0. The lowest BCUT2D eigenvalue weighted by Crippen LogP contribution is -1.74. The molecule has 112 valence electrons. The maximum Gasteiger partial charge on any atom is 0.230 e. The van der Waals surface area contributed by atoms with Gasteiger partial charge in [0.15, 0.2) is 0 Å². The summed E-state index contributed by atoms with van der Waals surface area (Å²) in [5, 5.41) is 12.9. The van der Waals surface area contributed by atoms with Crippen molar-refractivity contribution in [3.05, 3.63) is 60.0 Å². The van der Waals surface area contributed by atoms with Crippen molar-refractivity contribution in [3.63, 3.8) is 0 Å². The summed E-state index contributed by atoms with van der Waals surface area (Å²) in [6, 6.07) is 18.0. The van der Waals surface area contributed by atoms with E-state index >= 15 is 0 Å². The minimum absolute atomic E-state index is 0.627. The first kappa shape index (κ1) is 14.2. The van der Waals surface area contributed by atoms with Gasteiger partial charge in [-0.05, 0) is 6.07 Å². The Kier molecular flexibility index (Phi) is 3.69. The summed E-state index contributed by atoms with van der Waals surface area (Å²) in [6.07, 6.45) is 0. The van der Waals surface area contributed by atoms with E-state index in [0.29, 0.717) is 10.2 Å². The fourth-order valence-electron chi connectivity index (χ4n) is 2.36. The van der Waals surface area contributed by atoms with Crippen LogP contribution in [0.4, 0.5) is 10.8 Å². The van der Waals surface area contributed by atoms with E-state index in [1.165, 1.54) is 11.3 Å². The number of azo groups is 1. The topological polar surface area (TPSA) is 53.4 Å². The van der Waals surface area contributed by atoms with E-state index in [9.17, 15) is 0 Å². The van der Waals surface area contributed by atoms with Crippen molar-refractivity contribution in [2.24, 2.45) is 10.2 Å². The molecule has 0 spiro atoms. The standard InChI is InChI=1S/C17H12N4S2/c22-16-15(12-8-4-5-9-13(12)18-16)20-21-17-19-14(10-23-17)11-6-2-1-3-7-11/h1-10,18,22H. The molecule has 0 unspecified atom stereocenters. The highest BCUT2D eigenvalue weighted by Crippen LogP contribution is 2.34. The van der Waals surface area contributed by atoms with Crippen molar-refractivity contribution in [1.82, 2.24) is 9.97 Å². The number of nitrogens with zero attached hydrogens (tertiary/aromatic N) is 3. The van der Waals surface area contributed by atoms with E-state index in [2.05, 4.69) is 32.8 Å². The molecule has 0 saturated carbocycles. The van der Waals surface area contributed by atoms with Crippen LogP contribution in [0.1, 0.15) is 0 Å². The van der Waals surface area contributed by atoms with Gasteiger partial charge in [0.05, 0.1) is 10.7 Å².